The topological polar surface area (TPSA) is 45.7 Å². The van der Waals surface area contributed by atoms with E-state index in [0.717, 1.165) is 24.8 Å². The molecule has 0 amide bonds. The Morgan fingerprint density at radius 1 is 1.32 bits per heavy atom. The standard InChI is InChI=1S/C17H27N3O.HI/c1-5-18-16(20-13(2)3)19-12-17(10-11-17)14-8-6-7-9-15(14)21-4;/h6-9,13H,5,10-12H2,1-4H3,(H2,18,19,20);1H. The number of rotatable bonds is 6. The van der Waals surface area contributed by atoms with Crippen molar-refractivity contribution in [2.24, 2.45) is 4.99 Å². The number of hydrogen-bond acceptors (Lipinski definition) is 2. The van der Waals surface area contributed by atoms with E-state index in [2.05, 4.69) is 43.5 Å². The van der Waals surface area contributed by atoms with Crippen LogP contribution in [0.15, 0.2) is 29.3 Å². The second kappa shape index (κ2) is 8.60. The van der Waals surface area contributed by atoms with E-state index in [-0.39, 0.29) is 29.4 Å². The first-order chi connectivity index (χ1) is 10.1. The minimum absolute atomic E-state index is 0. The number of para-hydroxylation sites is 1. The maximum absolute atomic E-state index is 5.51. The van der Waals surface area contributed by atoms with E-state index >= 15 is 0 Å². The molecule has 0 aliphatic heterocycles. The molecule has 0 aromatic heterocycles. The molecule has 2 N–H and O–H groups in total. The number of aliphatic imine (C=N–C) groups is 1. The summed E-state index contributed by atoms with van der Waals surface area (Å²) in [5, 5.41) is 6.67. The predicted octanol–water partition coefficient (Wildman–Crippen LogP) is 3.31. The van der Waals surface area contributed by atoms with Crippen LogP contribution in [0.1, 0.15) is 39.2 Å². The summed E-state index contributed by atoms with van der Waals surface area (Å²) in [6.07, 6.45) is 2.36. The van der Waals surface area contributed by atoms with Crippen LogP contribution in [0.4, 0.5) is 0 Å². The van der Waals surface area contributed by atoms with Crippen molar-refractivity contribution in [3.63, 3.8) is 0 Å². The van der Waals surface area contributed by atoms with Gasteiger partial charge < -0.3 is 15.4 Å². The molecule has 1 aromatic carbocycles. The van der Waals surface area contributed by atoms with Gasteiger partial charge in [0.15, 0.2) is 5.96 Å². The SMILES string of the molecule is CCNC(=NCC1(c2ccccc2OC)CC1)NC(C)C.I. The molecule has 0 unspecified atom stereocenters. The molecule has 1 aliphatic rings. The van der Waals surface area contributed by atoms with Gasteiger partial charge in [0.25, 0.3) is 0 Å². The zero-order chi connectivity index (χ0) is 15.3. The molecule has 1 aliphatic carbocycles. The number of guanidine groups is 1. The normalized spacial score (nSPS) is 16.0. The second-order valence-corrected chi connectivity index (χ2v) is 5.97. The number of nitrogens with one attached hydrogen (secondary N) is 2. The number of halogens is 1. The van der Waals surface area contributed by atoms with Crippen LogP contribution in [0.3, 0.4) is 0 Å². The van der Waals surface area contributed by atoms with E-state index in [1.54, 1.807) is 7.11 Å². The van der Waals surface area contributed by atoms with Gasteiger partial charge in [0.2, 0.25) is 0 Å². The van der Waals surface area contributed by atoms with Crippen LogP contribution in [0.5, 0.6) is 5.75 Å². The Morgan fingerprint density at radius 2 is 2.00 bits per heavy atom. The fourth-order valence-electron chi connectivity index (χ4n) is 2.57. The van der Waals surface area contributed by atoms with Crippen LogP contribution >= 0.6 is 24.0 Å². The Bertz CT molecular complexity index is 498. The van der Waals surface area contributed by atoms with Crippen molar-refractivity contribution in [1.29, 1.82) is 0 Å². The van der Waals surface area contributed by atoms with Crippen molar-refractivity contribution in [2.45, 2.75) is 45.1 Å². The summed E-state index contributed by atoms with van der Waals surface area (Å²) in [5.41, 5.74) is 1.45. The number of nitrogens with zero attached hydrogens (tertiary/aromatic N) is 1. The molecule has 1 aromatic rings. The fourth-order valence-corrected chi connectivity index (χ4v) is 2.57. The highest BCUT2D eigenvalue weighted by molar-refractivity contribution is 14.0. The van der Waals surface area contributed by atoms with E-state index in [1.165, 1.54) is 18.4 Å². The van der Waals surface area contributed by atoms with Gasteiger partial charge in [0.05, 0.1) is 13.7 Å². The fraction of sp³-hybridized carbons (Fsp3) is 0.588. The van der Waals surface area contributed by atoms with Crippen molar-refractivity contribution in [1.82, 2.24) is 10.6 Å². The van der Waals surface area contributed by atoms with Gasteiger partial charge in [-0.15, -0.1) is 24.0 Å². The Kier molecular flexibility index (Phi) is 7.45. The van der Waals surface area contributed by atoms with E-state index in [1.807, 2.05) is 12.1 Å². The summed E-state index contributed by atoms with van der Waals surface area (Å²) >= 11 is 0. The molecule has 5 heteroatoms. The third kappa shape index (κ3) is 4.76. The molecule has 124 valence electrons. The van der Waals surface area contributed by atoms with E-state index in [4.69, 9.17) is 9.73 Å². The lowest BCUT2D eigenvalue weighted by Crippen LogP contribution is -2.41. The molecule has 4 nitrogen and oxygen atoms in total. The zero-order valence-electron chi connectivity index (χ0n) is 14.0. The molecule has 2 rings (SSSR count). The molecule has 0 bridgehead atoms. The van der Waals surface area contributed by atoms with E-state index in [9.17, 15) is 0 Å². The van der Waals surface area contributed by atoms with Crippen molar-refractivity contribution in [3.05, 3.63) is 29.8 Å². The predicted molar refractivity (Wildman–Crippen MR) is 104 cm³/mol. The van der Waals surface area contributed by atoms with Crippen LogP contribution in [-0.4, -0.2) is 32.2 Å². The molecule has 0 saturated heterocycles. The lowest BCUT2D eigenvalue weighted by Gasteiger charge is -2.19. The second-order valence-electron chi connectivity index (χ2n) is 5.97. The molecule has 0 radical (unpaired) electrons. The Morgan fingerprint density at radius 3 is 2.55 bits per heavy atom. The summed E-state index contributed by atoms with van der Waals surface area (Å²) in [5.74, 6) is 1.88. The van der Waals surface area contributed by atoms with Crippen molar-refractivity contribution >= 4 is 29.9 Å². The number of hydrogen-bond donors (Lipinski definition) is 2. The average Bonchev–Trinajstić information content (AvgIpc) is 3.25. The lowest BCUT2D eigenvalue weighted by atomic mass is 9.95. The first-order valence-corrected chi connectivity index (χ1v) is 7.79. The minimum atomic E-state index is 0. The van der Waals surface area contributed by atoms with Crippen LogP contribution in [0, 0.1) is 0 Å². The van der Waals surface area contributed by atoms with Gasteiger partial charge in [-0.05, 0) is 39.7 Å². The van der Waals surface area contributed by atoms with Gasteiger partial charge in [0, 0.05) is 23.6 Å². The number of benzene rings is 1. The van der Waals surface area contributed by atoms with Gasteiger partial charge in [0.1, 0.15) is 5.75 Å². The molecule has 22 heavy (non-hydrogen) atoms. The molecule has 0 atom stereocenters. The molecular weight excluding hydrogens is 389 g/mol. The van der Waals surface area contributed by atoms with E-state index in [0.29, 0.717) is 6.04 Å². The average molecular weight is 417 g/mol. The van der Waals surface area contributed by atoms with Crippen molar-refractivity contribution in [2.75, 3.05) is 20.2 Å². The number of methoxy groups -OCH3 is 1. The highest BCUT2D eigenvalue weighted by Crippen LogP contribution is 2.51. The Labute approximate surface area is 151 Å². The van der Waals surface area contributed by atoms with E-state index < -0.39 is 0 Å². The van der Waals surface area contributed by atoms with Crippen LogP contribution in [0.25, 0.3) is 0 Å². The van der Waals surface area contributed by atoms with Gasteiger partial charge in [-0.25, -0.2) is 0 Å². The lowest BCUT2D eigenvalue weighted by molar-refractivity contribution is 0.404. The van der Waals surface area contributed by atoms with Crippen molar-refractivity contribution < 1.29 is 4.74 Å². The smallest absolute Gasteiger partial charge is 0.191 e. The van der Waals surface area contributed by atoms with Gasteiger partial charge in [-0.1, -0.05) is 18.2 Å². The molecule has 1 saturated carbocycles. The summed E-state index contributed by atoms with van der Waals surface area (Å²) in [6.45, 7) is 8.01. The van der Waals surface area contributed by atoms with Crippen LogP contribution in [-0.2, 0) is 5.41 Å². The molecule has 0 spiro atoms. The largest absolute Gasteiger partial charge is 0.496 e. The van der Waals surface area contributed by atoms with Gasteiger partial charge in [-0.3, -0.25) is 4.99 Å². The van der Waals surface area contributed by atoms with Crippen LogP contribution in [0.2, 0.25) is 0 Å². The highest BCUT2D eigenvalue weighted by Gasteiger charge is 2.46. The minimum Gasteiger partial charge on any atom is -0.496 e. The molecule has 0 heterocycles. The molecular formula is C17H28IN3O. The zero-order valence-corrected chi connectivity index (χ0v) is 16.3. The summed E-state index contributed by atoms with van der Waals surface area (Å²) in [7, 11) is 1.74. The molecule has 1 fully saturated rings. The van der Waals surface area contributed by atoms with Crippen LogP contribution < -0.4 is 15.4 Å². The Balaban J connectivity index is 0.00000242. The first-order valence-electron chi connectivity index (χ1n) is 7.79. The number of ether oxygens (including phenoxy) is 1. The third-order valence-corrected chi connectivity index (χ3v) is 3.84. The third-order valence-electron chi connectivity index (χ3n) is 3.84. The summed E-state index contributed by atoms with van der Waals surface area (Å²) in [6, 6.07) is 8.69. The maximum Gasteiger partial charge on any atom is 0.191 e. The summed E-state index contributed by atoms with van der Waals surface area (Å²) < 4.78 is 5.51. The van der Waals surface area contributed by atoms with Gasteiger partial charge >= 0.3 is 0 Å². The summed E-state index contributed by atoms with van der Waals surface area (Å²) in [4.78, 5) is 4.78. The monoisotopic (exact) mass is 417 g/mol. The highest BCUT2D eigenvalue weighted by atomic mass is 127. The quantitative estimate of drug-likeness (QED) is 0.424. The van der Waals surface area contributed by atoms with Crippen molar-refractivity contribution in [3.8, 4) is 5.75 Å². The van der Waals surface area contributed by atoms with Gasteiger partial charge in [-0.2, -0.15) is 0 Å². The Hall–Kier alpha value is -0.980. The maximum atomic E-state index is 5.51. The first kappa shape index (κ1) is 19.1.